The Morgan fingerprint density at radius 1 is 1.09 bits per heavy atom. The van der Waals surface area contributed by atoms with E-state index in [-0.39, 0.29) is 6.04 Å². The van der Waals surface area contributed by atoms with Gasteiger partial charge in [-0.1, -0.05) is 19.3 Å². The minimum absolute atomic E-state index is 0.204. The molecule has 118 valence electrons. The van der Waals surface area contributed by atoms with Crippen LogP contribution in [0.4, 0.5) is 0 Å². The second-order valence-electron chi connectivity index (χ2n) is 5.68. The molecule has 0 radical (unpaired) electrons. The van der Waals surface area contributed by atoms with Crippen LogP contribution in [-0.4, -0.2) is 27.3 Å². The van der Waals surface area contributed by atoms with Crippen molar-refractivity contribution in [3.8, 4) is 0 Å². The Labute approximate surface area is 137 Å². The van der Waals surface area contributed by atoms with E-state index >= 15 is 0 Å². The molecule has 0 saturated heterocycles. The van der Waals surface area contributed by atoms with Crippen LogP contribution in [0.5, 0.6) is 0 Å². The fraction of sp³-hybridized carbons (Fsp3) is 0.438. The largest absolute Gasteiger partial charge is 0.372 e. The van der Waals surface area contributed by atoms with E-state index in [1.54, 1.807) is 22.9 Å². The van der Waals surface area contributed by atoms with Crippen LogP contribution >= 0.6 is 22.7 Å². The second-order valence-corrected chi connectivity index (χ2v) is 7.24. The summed E-state index contributed by atoms with van der Waals surface area (Å²) in [5.74, 6) is -0.656. The molecule has 1 amide bonds. The third-order valence-corrected chi connectivity index (χ3v) is 5.68. The number of thiophene rings is 2. The number of aliphatic hydroxyl groups is 1. The molecule has 0 atom stereocenters. The lowest BCUT2D eigenvalue weighted by molar-refractivity contribution is -0.195. The van der Waals surface area contributed by atoms with Crippen LogP contribution in [0.2, 0.25) is 0 Å². The molecule has 3 rings (SSSR count). The molecular formula is C16H19NO3S2. The number of hydrogen-bond donors (Lipinski definition) is 2. The summed E-state index contributed by atoms with van der Waals surface area (Å²) in [7, 11) is 0. The molecule has 2 aromatic heterocycles. The van der Waals surface area contributed by atoms with Crippen LogP contribution in [0.25, 0.3) is 0 Å². The SMILES string of the molecule is O=C(N(O)C1CCCCC1)C(O)(c1ccsc1)c1ccsc1. The summed E-state index contributed by atoms with van der Waals surface area (Å²) in [6.07, 6.45) is 4.71. The maximum atomic E-state index is 12.9. The first-order valence-electron chi connectivity index (χ1n) is 7.44. The summed E-state index contributed by atoms with van der Waals surface area (Å²) in [6, 6.07) is 3.26. The van der Waals surface area contributed by atoms with E-state index in [1.165, 1.54) is 22.7 Å². The Morgan fingerprint density at radius 3 is 2.09 bits per heavy atom. The number of amides is 1. The molecule has 2 aromatic rings. The van der Waals surface area contributed by atoms with E-state index in [9.17, 15) is 15.1 Å². The van der Waals surface area contributed by atoms with Gasteiger partial charge in [0.1, 0.15) is 0 Å². The molecule has 1 aliphatic carbocycles. The number of carbonyl (C=O) groups is 1. The van der Waals surface area contributed by atoms with Crippen LogP contribution in [0.1, 0.15) is 43.2 Å². The van der Waals surface area contributed by atoms with Gasteiger partial charge in [-0.2, -0.15) is 22.7 Å². The lowest BCUT2D eigenvalue weighted by Crippen LogP contribution is -2.50. The van der Waals surface area contributed by atoms with Gasteiger partial charge in [-0.3, -0.25) is 10.0 Å². The van der Waals surface area contributed by atoms with Crippen LogP contribution in [0.3, 0.4) is 0 Å². The molecule has 0 aromatic carbocycles. The Balaban J connectivity index is 1.94. The molecule has 1 saturated carbocycles. The lowest BCUT2D eigenvalue weighted by atomic mass is 9.87. The molecule has 0 unspecified atom stereocenters. The molecule has 6 heteroatoms. The van der Waals surface area contributed by atoms with Crippen molar-refractivity contribution in [2.24, 2.45) is 0 Å². The van der Waals surface area contributed by atoms with E-state index in [0.717, 1.165) is 37.2 Å². The highest BCUT2D eigenvalue weighted by atomic mass is 32.1. The van der Waals surface area contributed by atoms with Gasteiger partial charge in [-0.25, -0.2) is 5.06 Å². The molecule has 0 aliphatic heterocycles. The summed E-state index contributed by atoms with van der Waals surface area (Å²) in [6.45, 7) is 0. The van der Waals surface area contributed by atoms with Crippen molar-refractivity contribution < 1.29 is 15.1 Å². The smallest absolute Gasteiger partial charge is 0.287 e. The van der Waals surface area contributed by atoms with Gasteiger partial charge in [0.2, 0.25) is 0 Å². The van der Waals surface area contributed by atoms with Crippen molar-refractivity contribution in [2.75, 3.05) is 0 Å². The maximum absolute atomic E-state index is 12.9. The molecule has 1 aliphatic rings. The molecule has 0 spiro atoms. The zero-order valence-electron chi connectivity index (χ0n) is 12.1. The molecular weight excluding hydrogens is 318 g/mol. The molecule has 2 N–H and O–H groups in total. The van der Waals surface area contributed by atoms with Crippen molar-refractivity contribution in [1.82, 2.24) is 5.06 Å². The first-order chi connectivity index (χ1) is 10.6. The van der Waals surface area contributed by atoms with Gasteiger partial charge in [0.15, 0.2) is 5.60 Å². The van der Waals surface area contributed by atoms with Crippen molar-refractivity contribution in [1.29, 1.82) is 0 Å². The fourth-order valence-corrected chi connectivity index (χ4v) is 4.41. The van der Waals surface area contributed by atoms with Crippen molar-refractivity contribution in [2.45, 2.75) is 43.7 Å². The van der Waals surface area contributed by atoms with Gasteiger partial charge in [0.05, 0.1) is 6.04 Å². The van der Waals surface area contributed by atoms with Gasteiger partial charge in [-0.05, 0) is 46.5 Å². The molecule has 0 bridgehead atoms. The monoisotopic (exact) mass is 337 g/mol. The summed E-state index contributed by atoms with van der Waals surface area (Å²) in [4.78, 5) is 12.9. The van der Waals surface area contributed by atoms with Crippen molar-refractivity contribution >= 4 is 28.6 Å². The van der Waals surface area contributed by atoms with Gasteiger partial charge in [0, 0.05) is 11.1 Å². The zero-order valence-corrected chi connectivity index (χ0v) is 13.8. The van der Waals surface area contributed by atoms with E-state index in [2.05, 4.69) is 0 Å². The number of hydrogen-bond acceptors (Lipinski definition) is 5. The highest BCUT2D eigenvalue weighted by molar-refractivity contribution is 7.08. The van der Waals surface area contributed by atoms with Crippen LogP contribution in [-0.2, 0) is 10.4 Å². The third-order valence-electron chi connectivity index (χ3n) is 4.32. The average Bonchev–Trinajstić information content (AvgIpc) is 3.26. The molecule has 1 fully saturated rings. The summed E-state index contributed by atoms with van der Waals surface area (Å²) < 4.78 is 0. The minimum Gasteiger partial charge on any atom is -0.372 e. The number of carbonyl (C=O) groups excluding carboxylic acids is 1. The maximum Gasteiger partial charge on any atom is 0.287 e. The van der Waals surface area contributed by atoms with Crippen molar-refractivity contribution in [3.05, 3.63) is 44.8 Å². The molecule has 4 nitrogen and oxygen atoms in total. The van der Waals surface area contributed by atoms with Crippen LogP contribution < -0.4 is 0 Å². The third kappa shape index (κ3) is 2.72. The van der Waals surface area contributed by atoms with E-state index < -0.39 is 11.5 Å². The summed E-state index contributed by atoms with van der Waals surface area (Å²) in [5, 5.41) is 29.5. The average molecular weight is 337 g/mol. The standard InChI is InChI=1S/C16H19NO3S2/c18-15(17(20)14-4-2-1-3-5-14)16(19,12-6-8-21-10-12)13-7-9-22-11-13/h6-11,14,19-20H,1-5H2. The first kappa shape index (κ1) is 15.7. The predicted octanol–water partition coefficient (Wildman–Crippen LogP) is 3.60. The van der Waals surface area contributed by atoms with E-state index in [1.807, 2.05) is 10.8 Å². The van der Waals surface area contributed by atoms with Crippen LogP contribution in [0.15, 0.2) is 33.7 Å². The van der Waals surface area contributed by atoms with E-state index in [0.29, 0.717) is 11.1 Å². The lowest BCUT2D eigenvalue weighted by Gasteiger charge is -2.35. The number of hydroxylamine groups is 2. The normalized spacial score (nSPS) is 16.6. The van der Waals surface area contributed by atoms with E-state index in [4.69, 9.17) is 0 Å². The van der Waals surface area contributed by atoms with Gasteiger partial charge >= 0.3 is 0 Å². The van der Waals surface area contributed by atoms with Crippen molar-refractivity contribution in [3.63, 3.8) is 0 Å². The minimum atomic E-state index is -1.81. The quantitative estimate of drug-likeness (QED) is 0.662. The first-order valence-corrected chi connectivity index (χ1v) is 9.33. The highest BCUT2D eigenvalue weighted by Gasteiger charge is 2.45. The molecule has 2 heterocycles. The molecule has 22 heavy (non-hydrogen) atoms. The predicted molar refractivity (Wildman–Crippen MR) is 87.1 cm³/mol. The van der Waals surface area contributed by atoms with Crippen LogP contribution in [0, 0.1) is 0 Å². The Hall–Kier alpha value is -1.21. The zero-order chi connectivity index (χ0) is 15.6. The summed E-state index contributed by atoms with van der Waals surface area (Å²) >= 11 is 2.84. The van der Waals surface area contributed by atoms with Gasteiger partial charge < -0.3 is 5.11 Å². The fourth-order valence-electron chi connectivity index (χ4n) is 3.01. The summed E-state index contributed by atoms with van der Waals surface area (Å²) in [5.41, 5.74) is -0.793. The van der Waals surface area contributed by atoms with Gasteiger partial charge in [-0.15, -0.1) is 0 Å². The number of rotatable bonds is 4. The Kier molecular flexibility index (Phi) is 4.63. The second kappa shape index (κ2) is 6.50. The Bertz CT molecular complexity index is 569. The highest BCUT2D eigenvalue weighted by Crippen LogP contribution is 2.35. The Morgan fingerprint density at radius 2 is 1.64 bits per heavy atom. The van der Waals surface area contributed by atoms with Gasteiger partial charge in [0.25, 0.3) is 5.91 Å². The topological polar surface area (TPSA) is 60.8 Å². The number of nitrogens with zero attached hydrogens (tertiary/aromatic N) is 1.